The first kappa shape index (κ1) is 19.1. The molecule has 1 heterocycles. The fourth-order valence-corrected chi connectivity index (χ4v) is 3.90. The number of alkyl halides is 1. The number of benzene rings is 1. The van der Waals surface area contributed by atoms with Gasteiger partial charge in [-0.3, -0.25) is 10.1 Å². The minimum Gasteiger partial charge on any atom is -0.459 e. The summed E-state index contributed by atoms with van der Waals surface area (Å²) in [6.07, 6.45) is 2.24. The fourth-order valence-electron chi connectivity index (χ4n) is 3.64. The molecule has 3 rings (SSSR count). The molecule has 1 saturated heterocycles. The first-order chi connectivity index (χ1) is 12.2. The van der Waals surface area contributed by atoms with E-state index in [2.05, 4.69) is 20.8 Å². The lowest BCUT2D eigenvalue weighted by atomic mass is 9.76. The highest BCUT2D eigenvalue weighted by Crippen LogP contribution is 2.54. The quantitative estimate of drug-likeness (QED) is 0.244. The number of esters is 1. The number of nitrogens with zero attached hydrogens (tertiary/aromatic N) is 1. The van der Waals surface area contributed by atoms with Crippen LogP contribution in [0.25, 0.3) is 0 Å². The standard InChI is InChI=1S/C19H24ClNO5/c1-11(2)14-5-4-12(3)16(10-14)25-18(22)19(20)17(26-19)13-6-8-15(9-7-13)21(23)24/h6-9,11-12,14,16-17H,4-5,10H2,1-3H3/t12-,14-,16-,17+,19-/m1/s1. The lowest BCUT2D eigenvalue weighted by molar-refractivity contribution is -0.384. The summed E-state index contributed by atoms with van der Waals surface area (Å²) >= 11 is 6.33. The van der Waals surface area contributed by atoms with Crippen LogP contribution >= 0.6 is 11.6 Å². The van der Waals surface area contributed by atoms with Crippen LogP contribution < -0.4 is 0 Å². The van der Waals surface area contributed by atoms with E-state index in [1.54, 1.807) is 12.1 Å². The van der Waals surface area contributed by atoms with Gasteiger partial charge in [0.25, 0.3) is 10.7 Å². The van der Waals surface area contributed by atoms with Crippen LogP contribution in [0.5, 0.6) is 0 Å². The molecule has 0 aromatic heterocycles. The summed E-state index contributed by atoms with van der Waals surface area (Å²) in [5.74, 6) is 0.828. The van der Waals surface area contributed by atoms with Gasteiger partial charge in [0.15, 0.2) is 0 Å². The first-order valence-electron chi connectivity index (χ1n) is 9.04. The van der Waals surface area contributed by atoms with Gasteiger partial charge in [0, 0.05) is 12.1 Å². The summed E-state index contributed by atoms with van der Waals surface area (Å²) in [4.78, 5) is 22.8. The van der Waals surface area contributed by atoms with Gasteiger partial charge in [-0.25, -0.2) is 4.79 Å². The number of nitro groups is 1. The zero-order valence-electron chi connectivity index (χ0n) is 15.2. The molecule has 2 aliphatic rings. The molecule has 1 aliphatic heterocycles. The lowest BCUT2D eigenvalue weighted by Crippen LogP contribution is -2.36. The number of carbonyl (C=O) groups excluding carboxylic acids is 1. The van der Waals surface area contributed by atoms with E-state index >= 15 is 0 Å². The van der Waals surface area contributed by atoms with Gasteiger partial charge in [0.05, 0.1) is 4.92 Å². The molecule has 0 amide bonds. The van der Waals surface area contributed by atoms with Crippen molar-refractivity contribution in [1.82, 2.24) is 0 Å². The molecule has 7 heteroatoms. The molecule has 0 N–H and O–H groups in total. The molecule has 6 nitrogen and oxygen atoms in total. The highest BCUT2D eigenvalue weighted by molar-refractivity contribution is 6.35. The number of rotatable bonds is 5. The maximum absolute atomic E-state index is 12.6. The second kappa shape index (κ2) is 7.16. The Kier molecular flexibility index (Phi) is 5.26. The summed E-state index contributed by atoms with van der Waals surface area (Å²) in [6.45, 7) is 6.48. The van der Waals surface area contributed by atoms with Gasteiger partial charge in [0.1, 0.15) is 12.2 Å². The van der Waals surface area contributed by atoms with Crippen LogP contribution in [0.15, 0.2) is 24.3 Å². The number of epoxide rings is 1. The third-order valence-corrected chi connectivity index (χ3v) is 6.06. The maximum atomic E-state index is 12.6. The predicted molar refractivity (Wildman–Crippen MR) is 96.7 cm³/mol. The van der Waals surface area contributed by atoms with Crippen LogP contribution in [0.2, 0.25) is 0 Å². The van der Waals surface area contributed by atoms with Gasteiger partial charge in [0.2, 0.25) is 0 Å². The zero-order chi connectivity index (χ0) is 19.1. The third-order valence-electron chi connectivity index (χ3n) is 5.62. The van der Waals surface area contributed by atoms with Crippen molar-refractivity contribution in [3.8, 4) is 0 Å². The van der Waals surface area contributed by atoms with E-state index in [9.17, 15) is 14.9 Å². The van der Waals surface area contributed by atoms with Gasteiger partial charge in [-0.15, -0.1) is 0 Å². The molecule has 26 heavy (non-hydrogen) atoms. The molecule has 2 fully saturated rings. The average Bonchev–Trinajstić information content (AvgIpc) is 3.30. The second-order valence-corrected chi connectivity index (χ2v) is 8.29. The summed E-state index contributed by atoms with van der Waals surface area (Å²) in [6, 6.07) is 5.85. The van der Waals surface area contributed by atoms with Gasteiger partial charge < -0.3 is 9.47 Å². The Morgan fingerprint density at radius 3 is 2.58 bits per heavy atom. The highest BCUT2D eigenvalue weighted by Gasteiger charge is 2.64. The number of halogens is 1. The van der Waals surface area contributed by atoms with Crippen LogP contribution in [0.1, 0.15) is 51.7 Å². The van der Waals surface area contributed by atoms with E-state index in [1.165, 1.54) is 12.1 Å². The Balaban J connectivity index is 1.64. The topological polar surface area (TPSA) is 82.0 Å². The van der Waals surface area contributed by atoms with Crippen molar-refractivity contribution >= 4 is 23.3 Å². The second-order valence-electron chi connectivity index (χ2n) is 7.73. The van der Waals surface area contributed by atoms with Crippen LogP contribution in [0, 0.1) is 27.9 Å². The molecule has 0 unspecified atom stereocenters. The Morgan fingerprint density at radius 2 is 2.00 bits per heavy atom. The van der Waals surface area contributed by atoms with Crippen LogP contribution in [-0.2, 0) is 14.3 Å². The SMILES string of the molecule is CC(C)[C@@H]1CC[C@@H](C)[C@H](OC(=O)[C@]2(Cl)O[C@H]2c2ccc([N+](=O)[O-])cc2)C1. The molecule has 142 valence electrons. The third kappa shape index (κ3) is 3.71. The van der Waals surface area contributed by atoms with Crippen molar-refractivity contribution in [2.24, 2.45) is 17.8 Å². The number of hydrogen-bond acceptors (Lipinski definition) is 5. The number of nitro benzene ring substituents is 1. The normalized spacial score (nSPS) is 33.7. The molecule has 1 saturated carbocycles. The minimum absolute atomic E-state index is 0.0205. The highest BCUT2D eigenvalue weighted by atomic mass is 35.5. The summed E-state index contributed by atoms with van der Waals surface area (Å²) in [5, 5.41) is 9.21. The molecule has 1 aromatic carbocycles. The van der Waals surface area contributed by atoms with E-state index in [-0.39, 0.29) is 11.8 Å². The molecule has 0 spiro atoms. The van der Waals surface area contributed by atoms with E-state index < -0.39 is 22.1 Å². The van der Waals surface area contributed by atoms with Crippen LogP contribution in [0.4, 0.5) is 5.69 Å². The maximum Gasteiger partial charge on any atom is 0.357 e. The smallest absolute Gasteiger partial charge is 0.357 e. The van der Waals surface area contributed by atoms with E-state index in [0.717, 1.165) is 19.3 Å². The molecular weight excluding hydrogens is 358 g/mol. The Hall–Kier alpha value is -1.66. The largest absolute Gasteiger partial charge is 0.459 e. The average molecular weight is 382 g/mol. The molecule has 5 atom stereocenters. The van der Waals surface area contributed by atoms with Crippen molar-refractivity contribution in [2.45, 2.75) is 57.3 Å². The van der Waals surface area contributed by atoms with E-state index in [1.807, 2.05) is 0 Å². The van der Waals surface area contributed by atoms with Crippen molar-refractivity contribution < 1.29 is 19.2 Å². The van der Waals surface area contributed by atoms with Crippen LogP contribution in [0.3, 0.4) is 0 Å². The van der Waals surface area contributed by atoms with Crippen LogP contribution in [-0.4, -0.2) is 22.1 Å². The van der Waals surface area contributed by atoms with Crippen molar-refractivity contribution in [3.05, 3.63) is 39.9 Å². The first-order valence-corrected chi connectivity index (χ1v) is 9.42. The van der Waals surface area contributed by atoms with Gasteiger partial charge in [-0.2, -0.15) is 0 Å². The number of carbonyl (C=O) groups is 1. The predicted octanol–water partition coefficient (Wildman–Crippen LogP) is 4.61. The monoisotopic (exact) mass is 381 g/mol. The van der Waals surface area contributed by atoms with Gasteiger partial charge in [-0.05, 0) is 54.7 Å². The van der Waals surface area contributed by atoms with Crippen molar-refractivity contribution in [3.63, 3.8) is 0 Å². The zero-order valence-corrected chi connectivity index (χ0v) is 15.9. The number of non-ortho nitro benzene ring substituents is 1. The fraction of sp³-hybridized carbons (Fsp3) is 0.632. The summed E-state index contributed by atoms with van der Waals surface area (Å²) in [7, 11) is 0. The van der Waals surface area contributed by atoms with E-state index in [0.29, 0.717) is 23.3 Å². The van der Waals surface area contributed by atoms with Gasteiger partial charge >= 0.3 is 5.97 Å². The van der Waals surface area contributed by atoms with E-state index in [4.69, 9.17) is 21.1 Å². The Morgan fingerprint density at radius 1 is 1.35 bits per heavy atom. The Labute approximate surface area is 158 Å². The molecule has 1 aromatic rings. The minimum atomic E-state index is -1.53. The number of ether oxygens (including phenoxy) is 2. The molecule has 0 radical (unpaired) electrons. The van der Waals surface area contributed by atoms with Gasteiger partial charge in [-0.1, -0.05) is 32.4 Å². The molecule has 1 aliphatic carbocycles. The molecule has 0 bridgehead atoms. The number of hydrogen-bond donors (Lipinski definition) is 0. The lowest BCUT2D eigenvalue weighted by Gasteiger charge is -2.35. The van der Waals surface area contributed by atoms with Crippen molar-refractivity contribution in [2.75, 3.05) is 0 Å². The Bertz CT molecular complexity index is 692. The van der Waals surface area contributed by atoms with Crippen molar-refractivity contribution in [1.29, 1.82) is 0 Å². The molecular formula is C19H24ClNO5. The summed E-state index contributed by atoms with van der Waals surface area (Å²) in [5.41, 5.74) is 0.604. The summed E-state index contributed by atoms with van der Waals surface area (Å²) < 4.78 is 11.1.